The number of amides is 2. The second-order valence-corrected chi connectivity index (χ2v) is 5.07. The fraction of sp³-hybridized carbons (Fsp3) is 0.312. The van der Waals surface area contributed by atoms with Gasteiger partial charge in [0.1, 0.15) is 11.5 Å². The molecule has 2 rings (SSSR count). The van der Waals surface area contributed by atoms with Gasteiger partial charge in [0.2, 0.25) is 0 Å². The highest BCUT2D eigenvalue weighted by atomic mass is 16.3. The number of carbonyl (C=O) groups is 1. The Labute approximate surface area is 124 Å². The van der Waals surface area contributed by atoms with Gasteiger partial charge >= 0.3 is 6.03 Å². The van der Waals surface area contributed by atoms with E-state index in [1.807, 2.05) is 26.0 Å². The van der Waals surface area contributed by atoms with E-state index in [0.717, 1.165) is 11.3 Å². The molecule has 0 bridgehead atoms. The molecule has 2 atom stereocenters. The van der Waals surface area contributed by atoms with Crippen LogP contribution in [-0.2, 0) is 0 Å². The van der Waals surface area contributed by atoms with E-state index in [1.165, 1.54) is 0 Å². The van der Waals surface area contributed by atoms with Crippen LogP contribution in [0.15, 0.2) is 40.8 Å². The Bertz CT molecular complexity index is 602. The highest BCUT2D eigenvalue weighted by molar-refractivity contribution is 5.89. The molecule has 112 valence electrons. The maximum absolute atomic E-state index is 11.9. The van der Waals surface area contributed by atoms with Crippen LogP contribution in [0, 0.1) is 6.92 Å². The van der Waals surface area contributed by atoms with Crippen molar-refractivity contribution in [3.8, 4) is 0 Å². The first-order valence-corrected chi connectivity index (χ1v) is 6.87. The number of carbonyl (C=O) groups excluding carboxylic acids is 1. The molecule has 5 heteroatoms. The number of furan rings is 1. The number of hydrogen-bond acceptors (Lipinski definition) is 3. The molecule has 0 saturated carbocycles. The number of aryl methyl sites for hydroxylation is 1. The summed E-state index contributed by atoms with van der Waals surface area (Å²) >= 11 is 0. The van der Waals surface area contributed by atoms with Gasteiger partial charge in [-0.2, -0.15) is 0 Å². The molecule has 0 aliphatic rings. The molecule has 0 aliphatic carbocycles. The summed E-state index contributed by atoms with van der Waals surface area (Å²) in [6.07, 6.45) is -0.518. The van der Waals surface area contributed by atoms with Gasteiger partial charge in [0, 0.05) is 5.69 Å². The van der Waals surface area contributed by atoms with Crippen LogP contribution in [0.25, 0.3) is 0 Å². The summed E-state index contributed by atoms with van der Waals surface area (Å²) < 4.78 is 5.47. The Morgan fingerprint density at radius 3 is 2.33 bits per heavy atom. The zero-order valence-corrected chi connectivity index (χ0v) is 12.4. The molecule has 0 fully saturated rings. The van der Waals surface area contributed by atoms with Gasteiger partial charge in [0.15, 0.2) is 0 Å². The van der Waals surface area contributed by atoms with E-state index < -0.39 is 6.10 Å². The monoisotopic (exact) mass is 288 g/mol. The average molecular weight is 288 g/mol. The largest absolute Gasteiger partial charge is 0.464 e. The van der Waals surface area contributed by atoms with Crippen LogP contribution in [0.2, 0.25) is 0 Å². The lowest BCUT2D eigenvalue weighted by Gasteiger charge is -2.13. The van der Waals surface area contributed by atoms with Crippen LogP contribution >= 0.6 is 0 Å². The highest BCUT2D eigenvalue weighted by Crippen LogP contribution is 2.17. The third-order valence-corrected chi connectivity index (χ3v) is 3.19. The van der Waals surface area contributed by atoms with Crippen molar-refractivity contribution in [2.45, 2.75) is 32.9 Å². The van der Waals surface area contributed by atoms with Gasteiger partial charge in [-0.15, -0.1) is 0 Å². The summed E-state index contributed by atoms with van der Waals surface area (Å²) in [7, 11) is 0. The van der Waals surface area contributed by atoms with Gasteiger partial charge in [-0.05, 0) is 50.6 Å². The van der Waals surface area contributed by atoms with E-state index in [-0.39, 0.29) is 12.1 Å². The van der Waals surface area contributed by atoms with Gasteiger partial charge in [-0.3, -0.25) is 0 Å². The molecule has 0 radical (unpaired) electrons. The minimum absolute atomic E-state index is 0.213. The van der Waals surface area contributed by atoms with Gasteiger partial charge in [0.25, 0.3) is 0 Å². The fourth-order valence-electron chi connectivity index (χ4n) is 1.97. The molecule has 21 heavy (non-hydrogen) atoms. The minimum Gasteiger partial charge on any atom is -0.464 e. The van der Waals surface area contributed by atoms with E-state index in [1.54, 1.807) is 31.2 Å². The van der Waals surface area contributed by atoms with E-state index in [4.69, 9.17) is 4.42 Å². The maximum Gasteiger partial charge on any atom is 0.319 e. The quantitative estimate of drug-likeness (QED) is 0.805. The lowest BCUT2D eigenvalue weighted by Crippen LogP contribution is -2.30. The van der Waals surface area contributed by atoms with Crippen LogP contribution in [-0.4, -0.2) is 11.1 Å². The number of rotatable bonds is 4. The molecule has 0 spiro atoms. The van der Waals surface area contributed by atoms with Gasteiger partial charge in [-0.1, -0.05) is 12.1 Å². The van der Waals surface area contributed by atoms with Crippen LogP contribution in [0.1, 0.15) is 43.1 Å². The minimum atomic E-state index is -0.518. The van der Waals surface area contributed by atoms with Gasteiger partial charge in [-0.25, -0.2) is 4.79 Å². The molecule has 2 aromatic rings. The predicted molar refractivity (Wildman–Crippen MR) is 81.1 cm³/mol. The Morgan fingerprint density at radius 2 is 1.81 bits per heavy atom. The number of urea groups is 1. The van der Waals surface area contributed by atoms with E-state index >= 15 is 0 Å². The smallest absolute Gasteiger partial charge is 0.319 e. The predicted octanol–water partition coefficient (Wildman–Crippen LogP) is 3.52. The van der Waals surface area contributed by atoms with Crippen molar-refractivity contribution in [3.63, 3.8) is 0 Å². The molecule has 5 nitrogen and oxygen atoms in total. The standard InChI is InChI=1S/C16H20N2O3/c1-10-4-9-15(21-10)11(2)17-16(20)18-14-7-5-13(6-8-14)12(3)19/h4-9,11-12,19H,1-3H3,(H2,17,18,20). The van der Waals surface area contributed by atoms with Gasteiger partial charge < -0.3 is 20.2 Å². The van der Waals surface area contributed by atoms with E-state index in [2.05, 4.69) is 10.6 Å². The Balaban J connectivity index is 1.92. The Hall–Kier alpha value is -2.27. The van der Waals surface area contributed by atoms with Crippen molar-refractivity contribution in [2.24, 2.45) is 0 Å². The van der Waals surface area contributed by atoms with Crippen LogP contribution in [0.3, 0.4) is 0 Å². The summed E-state index contributed by atoms with van der Waals surface area (Å²) in [5.74, 6) is 1.53. The van der Waals surface area contributed by atoms with E-state index in [9.17, 15) is 9.90 Å². The van der Waals surface area contributed by atoms with E-state index in [0.29, 0.717) is 11.4 Å². The first-order valence-electron chi connectivity index (χ1n) is 6.87. The lowest BCUT2D eigenvalue weighted by molar-refractivity contribution is 0.199. The van der Waals surface area contributed by atoms with Crippen LogP contribution in [0.4, 0.5) is 10.5 Å². The van der Waals surface area contributed by atoms with Crippen molar-refractivity contribution in [3.05, 3.63) is 53.5 Å². The number of aliphatic hydroxyl groups is 1. The molecule has 0 aliphatic heterocycles. The first-order chi connectivity index (χ1) is 9.95. The van der Waals surface area contributed by atoms with Crippen LogP contribution in [0.5, 0.6) is 0 Å². The maximum atomic E-state index is 11.9. The zero-order chi connectivity index (χ0) is 15.4. The second kappa shape index (κ2) is 6.45. The summed E-state index contributed by atoms with van der Waals surface area (Å²) in [5.41, 5.74) is 1.47. The highest BCUT2D eigenvalue weighted by Gasteiger charge is 2.12. The average Bonchev–Trinajstić information content (AvgIpc) is 2.86. The van der Waals surface area contributed by atoms with Gasteiger partial charge in [0.05, 0.1) is 12.1 Å². The second-order valence-electron chi connectivity index (χ2n) is 5.07. The fourth-order valence-corrected chi connectivity index (χ4v) is 1.97. The third kappa shape index (κ3) is 4.10. The van der Waals surface area contributed by atoms with Crippen LogP contribution < -0.4 is 10.6 Å². The van der Waals surface area contributed by atoms with Crippen molar-refractivity contribution in [2.75, 3.05) is 5.32 Å². The zero-order valence-electron chi connectivity index (χ0n) is 12.4. The summed E-state index contributed by atoms with van der Waals surface area (Å²) in [6.45, 7) is 5.41. The molecule has 0 saturated heterocycles. The normalized spacial score (nSPS) is 13.5. The SMILES string of the molecule is Cc1ccc(C(C)NC(=O)Nc2ccc(C(C)O)cc2)o1. The summed E-state index contributed by atoms with van der Waals surface area (Å²) in [6, 6.07) is 10.3. The number of aliphatic hydroxyl groups excluding tert-OH is 1. The number of benzene rings is 1. The molecule has 2 amide bonds. The molecule has 3 N–H and O–H groups in total. The summed E-state index contributed by atoms with van der Waals surface area (Å²) in [5, 5.41) is 15.0. The number of anilines is 1. The molecular weight excluding hydrogens is 268 g/mol. The molecule has 1 aromatic carbocycles. The first kappa shape index (κ1) is 15.1. The topological polar surface area (TPSA) is 74.5 Å². The molecular formula is C16H20N2O3. The van der Waals surface area contributed by atoms with Crippen molar-refractivity contribution >= 4 is 11.7 Å². The van der Waals surface area contributed by atoms with Crippen molar-refractivity contribution in [1.29, 1.82) is 0 Å². The molecule has 1 aromatic heterocycles. The Kier molecular flexibility index (Phi) is 4.65. The van der Waals surface area contributed by atoms with Crippen molar-refractivity contribution in [1.82, 2.24) is 5.32 Å². The third-order valence-electron chi connectivity index (χ3n) is 3.19. The van der Waals surface area contributed by atoms with Crippen molar-refractivity contribution < 1.29 is 14.3 Å². The number of nitrogens with one attached hydrogen (secondary N) is 2. The lowest BCUT2D eigenvalue weighted by atomic mass is 10.1. The molecule has 2 unspecified atom stereocenters. The summed E-state index contributed by atoms with van der Waals surface area (Å²) in [4.78, 5) is 11.9. The molecule has 1 heterocycles. The number of hydrogen-bond donors (Lipinski definition) is 3. The Morgan fingerprint density at radius 1 is 1.14 bits per heavy atom.